The Bertz CT molecular complexity index is 1010. The third-order valence-electron chi connectivity index (χ3n) is 4.10. The van der Waals surface area contributed by atoms with Gasteiger partial charge in [0.1, 0.15) is 0 Å². The highest BCUT2D eigenvalue weighted by Crippen LogP contribution is 2.52. The van der Waals surface area contributed by atoms with E-state index in [-0.39, 0.29) is 10.7 Å². The average molecular weight is 387 g/mol. The van der Waals surface area contributed by atoms with Crippen molar-refractivity contribution in [1.82, 2.24) is 0 Å². The second kappa shape index (κ2) is 6.52. The standard InChI is InChI=1S/C19H12Cl2N2O3/c20-13-6-7-17-15(8-13)22(11-12-4-2-1-3-5-12)19-16(23(24)25)9-14(21)10-18(19)26-17/h1-10H,11H2. The Morgan fingerprint density at radius 3 is 2.46 bits per heavy atom. The maximum absolute atomic E-state index is 11.6. The number of nitro groups is 1. The molecule has 3 aromatic carbocycles. The Kier molecular flexibility index (Phi) is 4.18. The summed E-state index contributed by atoms with van der Waals surface area (Å²) in [5, 5.41) is 12.4. The van der Waals surface area contributed by atoms with Gasteiger partial charge in [0, 0.05) is 23.7 Å². The largest absolute Gasteiger partial charge is 0.453 e. The third-order valence-corrected chi connectivity index (χ3v) is 4.55. The van der Waals surface area contributed by atoms with Crippen molar-refractivity contribution in [3.05, 3.63) is 86.4 Å². The SMILES string of the molecule is O=[N+]([O-])c1cc(Cl)cc2c1N(Cc1ccccc1)c1cc(Cl)ccc1O2. The topological polar surface area (TPSA) is 55.6 Å². The average Bonchev–Trinajstić information content (AvgIpc) is 2.62. The van der Waals surface area contributed by atoms with Crippen LogP contribution in [0.4, 0.5) is 17.1 Å². The lowest BCUT2D eigenvalue weighted by molar-refractivity contribution is -0.384. The number of halogens is 2. The van der Waals surface area contributed by atoms with Crippen molar-refractivity contribution in [2.45, 2.75) is 6.54 Å². The molecule has 130 valence electrons. The van der Waals surface area contributed by atoms with E-state index in [1.807, 2.05) is 35.2 Å². The quantitative estimate of drug-likeness (QED) is 0.388. The van der Waals surface area contributed by atoms with Crippen molar-refractivity contribution in [3.8, 4) is 11.5 Å². The minimum absolute atomic E-state index is 0.117. The molecule has 1 heterocycles. The molecule has 0 saturated carbocycles. The van der Waals surface area contributed by atoms with E-state index in [9.17, 15) is 10.1 Å². The zero-order valence-electron chi connectivity index (χ0n) is 13.4. The number of nitro benzene ring substituents is 1. The van der Waals surface area contributed by atoms with E-state index in [2.05, 4.69) is 0 Å². The van der Waals surface area contributed by atoms with E-state index in [0.29, 0.717) is 34.4 Å². The van der Waals surface area contributed by atoms with E-state index in [1.165, 1.54) is 6.07 Å². The lowest BCUT2D eigenvalue weighted by Crippen LogP contribution is -2.22. The first-order chi connectivity index (χ1) is 12.5. The molecule has 3 aromatic rings. The minimum atomic E-state index is -0.457. The first-order valence-electron chi connectivity index (χ1n) is 7.80. The minimum Gasteiger partial charge on any atom is -0.453 e. The fourth-order valence-corrected chi connectivity index (χ4v) is 3.37. The van der Waals surface area contributed by atoms with Crippen molar-refractivity contribution < 1.29 is 9.66 Å². The van der Waals surface area contributed by atoms with E-state index < -0.39 is 4.92 Å². The van der Waals surface area contributed by atoms with Gasteiger partial charge < -0.3 is 9.64 Å². The first-order valence-corrected chi connectivity index (χ1v) is 8.55. The Balaban J connectivity index is 1.94. The molecular weight excluding hydrogens is 375 g/mol. The Morgan fingerprint density at radius 2 is 1.73 bits per heavy atom. The molecule has 0 N–H and O–H groups in total. The zero-order chi connectivity index (χ0) is 18.3. The van der Waals surface area contributed by atoms with Gasteiger partial charge >= 0.3 is 0 Å². The molecule has 0 saturated heterocycles. The second-order valence-electron chi connectivity index (χ2n) is 5.81. The molecule has 0 amide bonds. The molecule has 1 aliphatic heterocycles. The van der Waals surface area contributed by atoms with Crippen molar-refractivity contribution >= 4 is 40.3 Å². The predicted molar refractivity (Wildman–Crippen MR) is 102 cm³/mol. The van der Waals surface area contributed by atoms with Crippen molar-refractivity contribution in [1.29, 1.82) is 0 Å². The lowest BCUT2D eigenvalue weighted by atomic mass is 10.1. The Labute approximate surface area is 159 Å². The third kappa shape index (κ3) is 2.96. The monoisotopic (exact) mass is 386 g/mol. The van der Waals surface area contributed by atoms with Crippen LogP contribution in [-0.4, -0.2) is 4.92 Å². The first kappa shape index (κ1) is 16.7. The van der Waals surface area contributed by atoms with Crippen LogP contribution in [0.5, 0.6) is 11.5 Å². The number of hydrogen-bond donors (Lipinski definition) is 0. The van der Waals surface area contributed by atoms with Gasteiger partial charge in [-0.15, -0.1) is 0 Å². The van der Waals surface area contributed by atoms with Gasteiger partial charge in [0.15, 0.2) is 17.2 Å². The van der Waals surface area contributed by atoms with E-state index in [0.717, 1.165) is 5.56 Å². The lowest BCUT2D eigenvalue weighted by Gasteiger charge is -2.32. The van der Waals surface area contributed by atoms with Gasteiger partial charge in [-0.05, 0) is 23.8 Å². The van der Waals surface area contributed by atoms with Gasteiger partial charge in [0.2, 0.25) is 0 Å². The van der Waals surface area contributed by atoms with Crippen LogP contribution in [-0.2, 0) is 6.54 Å². The van der Waals surface area contributed by atoms with Crippen LogP contribution >= 0.6 is 23.2 Å². The Morgan fingerprint density at radius 1 is 0.962 bits per heavy atom. The highest BCUT2D eigenvalue weighted by Gasteiger charge is 2.32. The molecule has 7 heteroatoms. The molecule has 0 radical (unpaired) electrons. The summed E-state index contributed by atoms with van der Waals surface area (Å²) in [6, 6.07) is 17.8. The van der Waals surface area contributed by atoms with Crippen molar-refractivity contribution in [3.63, 3.8) is 0 Å². The molecule has 0 bridgehead atoms. The van der Waals surface area contributed by atoms with E-state index >= 15 is 0 Å². The van der Waals surface area contributed by atoms with Gasteiger partial charge in [-0.3, -0.25) is 10.1 Å². The van der Waals surface area contributed by atoms with Crippen LogP contribution in [0, 0.1) is 10.1 Å². The van der Waals surface area contributed by atoms with Crippen LogP contribution in [0.2, 0.25) is 10.0 Å². The van der Waals surface area contributed by atoms with E-state index in [1.54, 1.807) is 24.3 Å². The number of anilines is 2. The normalized spacial score (nSPS) is 12.2. The molecule has 26 heavy (non-hydrogen) atoms. The molecule has 4 rings (SSSR count). The van der Waals surface area contributed by atoms with Gasteiger partial charge in [0.25, 0.3) is 5.69 Å². The second-order valence-corrected chi connectivity index (χ2v) is 6.69. The highest BCUT2D eigenvalue weighted by molar-refractivity contribution is 6.31. The van der Waals surface area contributed by atoms with Gasteiger partial charge in [-0.1, -0.05) is 53.5 Å². The number of ether oxygens (including phenoxy) is 1. The van der Waals surface area contributed by atoms with Gasteiger partial charge in [0.05, 0.1) is 15.6 Å². The summed E-state index contributed by atoms with van der Waals surface area (Å²) in [7, 11) is 0. The molecule has 0 spiro atoms. The number of benzene rings is 3. The number of nitrogens with zero attached hydrogens (tertiary/aromatic N) is 2. The number of hydrogen-bond acceptors (Lipinski definition) is 4. The summed E-state index contributed by atoms with van der Waals surface area (Å²) >= 11 is 12.2. The maximum atomic E-state index is 11.6. The smallest absolute Gasteiger partial charge is 0.298 e. The van der Waals surface area contributed by atoms with Crippen LogP contribution in [0.15, 0.2) is 60.7 Å². The number of rotatable bonds is 3. The summed E-state index contributed by atoms with van der Waals surface area (Å²) in [5.41, 5.74) is 1.90. The summed E-state index contributed by atoms with van der Waals surface area (Å²) in [6.45, 7) is 0.424. The maximum Gasteiger partial charge on any atom is 0.298 e. The molecular formula is C19H12Cl2N2O3. The highest BCUT2D eigenvalue weighted by atomic mass is 35.5. The van der Waals surface area contributed by atoms with Gasteiger partial charge in [-0.2, -0.15) is 0 Å². The summed E-state index contributed by atoms with van der Waals surface area (Å²) in [4.78, 5) is 13.0. The number of fused-ring (bicyclic) bond motifs is 2. The fraction of sp³-hybridized carbons (Fsp3) is 0.0526. The molecule has 1 aliphatic rings. The zero-order valence-corrected chi connectivity index (χ0v) is 14.9. The van der Waals surface area contributed by atoms with Crippen LogP contribution < -0.4 is 9.64 Å². The Hall–Kier alpha value is -2.76. The van der Waals surface area contributed by atoms with Gasteiger partial charge in [-0.25, -0.2) is 0 Å². The predicted octanol–water partition coefficient (Wildman–Crippen LogP) is 6.35. The van der Waals surface area contributed by atoms with E-state index in [4.69, 9.17) is 27.9 Å². The summed E-state index contributed by atoms with van der Waals surface area (Å²) in [6.07, 6.45) is 0. The fourth-order valence-electron chi connectivity index (χ4n) is 3.01. The van der Waals surface area contributed by atoms with Crippen LogP contribution in [0.25, 0.3) is 0 Å². The molecule has 0 aliphatic carbocycles. The molecule has 0 fully saturated rings. The molecule has 0 atom stereocenters. The van der Waals surface area contributed by atoms with Crippen LogP contribution in [0.1, 0.15) is 5.56 Å². The molecule has 0 unspecified atom stereocenters. The van der Waals surface area contributed by atoms with Crippen molar-refractivity contribution in [2.75, 3.05) is 4.90 Å². The van der Waals surface area contributed by atoms with Crippen molar-refractivity contribution in [2.24, 2.45) is 0 Å². The molecule has 5 nitrogen and oxygen atoms in total. The summed E-state index contributed by atoms with van der Waals surface area (Å²) < 4.78 is 5.88. The summed E-state index contributed by atoms with van der Waals surface area (Å²) in [5.74, 6) is 0.907. The molecule has 0 aromatic heterocycles. The van der Waals surface area contributed by atoms with Crippen LogP contribution in [0.3, 0.4) is 0 Å².